The van der Waals surface area contributed by atoms with Gasteiger partial charge in [-0.1, -0.05) is 38.7 Å². The lowest BCUT2D eigenvalue weighted by molar-refractivity contribution is -0.107. The number of nitrogens with two attached hydrogens (primary N) is 1. The fourth-order valence-corrected chi connectivity index (χ4v) is 1.32. The quantitative estimate of drug-likeness (QED) is 0.444. The second kappa shape index (κ2) is 4.85. The van der Waals surface area contributed by atoms with E-state index in [9.17, 15) is 4.79 Å². The number of rotatable bonds is 1. The van der Waals surface area contributed by atoms with Crippen LogP contribution in [0.4, 0.5) is 5.69 Å². The average Bonchev–Trinajstić information content (AvgIpc) is 2.19. The van der Waals surface area contributed by atoms with Crippen LogP contribution in [-0.2, 0) is 10.2 Å². The highest BCUT2D eigenvalue weighted by molar-refractivity contribution is 5.60. The molecule has 0 aromatic heterocycles. The summed E-state index contributed by atoms with van der Waals surface area (Å²) >= 11 is 0. The van der Waals surface area contributed by atoms with E-state index in [1.54, 1.807) is 0 Å². The van der Waals surface area contributed by atoms with Gasteiger partial charge in [-0.05, 0) is 23.1 Å². The zero-order chi connectivity index (χ0) is 12.2. The Morgan fingerprint density at radius 1 is 1.38 bits per heavy atom. The molecule has 1 aromatic rings. The maximum absolute atomic E-state index is 10.2. The van der Waals surface area contributed by atoms with Gasteiger partial charge < -0.3 is 10.5 Å². The highest BCUT2D eigenvalue weighted by atomic mass is 16.1. The summed E-state index contributed by atoms with van der Waals surface area (Å²) in [5.41, 5.74) is 8.55. The summed E-state index contributed by atoms with van der Waals surface area (Å²) in [5.74, 6) is 5.69. The molecule has 0 heterocycles. The average molecular weight is 215 g/mol. The Kier molecular flexibility index (Phi) is 3.73. The molecule has 0 aliphatic rings. The van der Waals surface area contributed by atoms with E-state index in [4.69, 9.17) is 5.73 Å². The van der Waals surface area contributed by atoms with Gasteiger partial charge in [0.1, 0.15) is 6.29 Å². The molecule has 2 heteroatoms. The van der Waals surface area contributed by atoms with E-state index < -0.39 is 0 Å². The molecule has 0 bridgehead atoms. The standard InChI is InChI=1S/C14H17NO/c1-14(2,3)12-7-8-13(15)11(10-12)6-4-5-9-16/h7-10H,5,15H2,1-3H3. The van der Waals surface area contributed by atoms with Crippen molar-refractivity contribution >= 4 is 12.0 Å². The second-order valence-corrected chi connectivity index (χ2v) is 4.72. The van der Waals surface area contributed by atoms with Crippen molar-refractivity contribution in [3.8, 4) is 11.8 Å². The SMILES string of the molecule is CC(C)(C)c1ccc(N)c(C#CCC=O)c1. The van der Waals surface area contributed by atoms with Crippen molar-refractivity contribution in [1.29, 1.82) is 0 Å². The maximum Gasteiger partial charge on any atom is 0.131 e. The third-order valence-corrected chi connectivity index (χ3v) is 2.33. The van der Waals surface area contributed by atoms with E-state index in [2.05, 4.69) is 32.6 Å². The van der Waals surface area contributed by atoms with Crippen LogP contribution in [0.25, 0.3) is 0 Å². The molecule has 0 aliphatic heterocycles. The van der Waals surface area contributed by atoms with Crippen LogP contribution in [0.1, 0.15) is 38.3 Å². The van der Waals surface area contributed by atoms with E-state index >= 15 is 0 Å². The highest BCUT2D eigenvalue weighted by Crippen LogP contribution is 2.25. The predicted octanol–water partition coefficient (Wildman–Crippen LogP) is 2.51. The third-order valence-electron chi connectivity index (χ3n) is 2.33. The summed E-state index contributed by atoms with van der Waals surface area (Å²) in [6, 6.07) is 5.87. The first-order chi connectivity index (χ1) is 7.45. The minimum atomic E-state index is 0.0782. The Hall–Kier alpha value is -1.75. The Bertz CT molecular complexity index is 444. The minimum Gasteiger partial charge on any atom is -0.398 e. The molecule has 1 aromatic carbocycles. The van der Waals surface area contributed by atoms with Gasteiger partial charge in [0.05, 0.1) is 6.42 Å². The van der Waals surface area contributed by atoms with Gasteiger partial charge in [0.2, 0.25) is 0 Å². The Morgan fingerprint density at radius 2 is 2.06 bits per heavy atom. The lowest BCUT2D eigenvalue weighted by Crippen LogP contribution is -2.11. The molecular weight excluding hydrogens is 198 g/mol. The molecule has 0 unspecified atom stereocenters. The third kappa shape index (κ3) is 3.13. The molecular formula is C14H17NO. The zero-order valence-corrected chi connectivity index (χ0v) is 10.0. The maximum atomic E-state index is 10.2. The van der Waals surface area contributed by atoms with E-state index in [0.29, 0.717) is 5.69 Å². The van der Waals surface area contributed by atoms with Crippen LogP contribution in [0.5, 0.6) is 0 Å². The Morgan fingerprint density at radius 3 is 2.62 bits per heavy atom. The van der Waals surface area contributed by atoms with Crippen LogP contribution in [0.3, 0.4) is 0 Å². The molecule has 84 valence electrons. The summed E-state index contributed by atoms with van der Waals surface area (Å²) < 4.78 is 0. The van der Waals surface area contributed by atoms with Gasteiger partial charge in [-0.25, -0.2) is 0 Å². The minimum absolute atomic E-state index is 0.0782. The van der Waals surface area contributed by atoms with Gasteiger partial charge in [-0.2, -0.15) is 0 Å². The first-order valence-electron chi connectivity index (χ1n) is 5.27. The first kappa shape index (κ1) is 12.3. The molecule has 0 saturated heterocycles. The van der Waals surface area contributed by atoms with Crippen LogP contribution in [-0.4, -0.2) is 6.29 Å². The van der Waals surface area contributed by atoms with Crippen LogP contribution in [0.2, 0.25) is 0 Å². The molecule has 2 N–H and O–H groups in total. The number of anilines is 1. The smallest absolute Gasteiger partial charge is 0.131 e. The Labute approximate surface area is 96.9 Å². The van der Waals surface area contributed by atoms with E-state index in [-0.39, 0.29) is 11.8 Å². The topological polar surface area (TPSA) is 43.1 Å². The van der Waals surface area contributed by atoms with Crippen molar-refractivity contribution in [1.82, 2.24) is 0 Å². The van der Waals surface area contributed by atoms with Gasteiger partial charge in [0.15, 0.2) is 0 Å². The highest BCUT2D eigenvalue weighted by Gasteiger charge is 2.14. The summed E-state index contributed by atoms with van der Waals surface area (Å²) in [4.78, 5) is 10.2. The molecule has 0 spiro atoms. The van der Waals surface area contributed by atoms with Crippen LogP contribution in [0.15, 0.2) is 18.2 Å². The largest absolute Gasteiger partial charge is 0.398 e. The van der Waals surface area contributed by atoms with Crippen LogP contribution < -0.4 is 5.73 Å². The van der Waals surface area contributed by atoms with Crippen molar-refractivity contribution in [2.24, 2.45) is 0 Å². The molecule has 0 aliphatic carbocycles. The molecule has 16 heavy (non-hydrogen) atoms. The van der Waals surface area contributed by atoms with E-state index in [0.717, 1.165) is 11.8 Å². The van der Waals surface area contributed by atoms with Crippen molar-refractivity contribution in [2.45, 2.75) is 32.6 Å². The molecule has 0 radical (unpaired) electrons. The van der Waals surface area contributed by atoms with Crippen molar-refractivity contribution in [3.63, 3.8) is 0 Å². The molecule has 1 rings (SSSR count). The second-order valence-electron chi connectivity index (χ2n) is 4.72. The lowest BCUT2D eigenvalue weighted by Gasteiger charge is -2.19. The number of carbonyl (C=O) groups excluding carboxylic acids is 1. The van der Waals surface area contributed by atoms with Gasteiger partial charge in [0, 0.05) is 11.3 Å². The number of hydrogen-bond donors (Lipinski definition) is 1. The summed E-state index contributed by atoms with van der Waals surface area (Å²) in [7, 11) is 0. The van der Waals surface area contributed by atoms with Gasteiger partial charge >= 0.3 is 0 Å². The van der Waals surface area contributed by atoms with E-state index in [1.165, 1.54) is 5.56 Å². The van der Waals surface area contributed by atoms with Crippen molar-refractivity contribution in [3.05, 3.63) is 29.3 Å². The molecule has 0 atom stereocenters. The first-order valence-corrected chi connectivity index (χ1v) is 5.27. The number of aldehydes is 1. The molecule has 0 saturated carbocycles. The molecule has 2 nitrogen and oxygen atoms in total. The molecule has 0 amide bonds. The monoisotopic (exact) mass is 215 g/mol. The van der Waals surface area contributed by atoms with Gasteiger partial charge in [-0.15, -0.1) is 0 Å². The fourth-order valence-electron chi connectivity index (χ4n) is 1.32. The van der Waals surface area contributed by atoms with Gasteiger partial charge in [0.25, 0.3) is 0 Å². The molecule has 0 fully saturated rings. The predicted molar refractivity (Wildman–Crippen MR) is 67.1 cm³/mol. The normalized spacial score (nSPS) is 10.4. The van der Waals surface area contributed by atoms with Crippen LogP contribution in [0, 0.1) is 11.8 Å². The summed E-state index contributed by atoms with van der Waals surface area (Å²) in [6.07, 6.45) is 1.04. The summed E-state index contributed by atoms with van der Waals surface area (Å²) in [5, 5.41) is 0. The number of nitrogen functional groups attached to an aromatic ring is 1. The fraction of sp³-hybridized carbons (Fsp3) is 0.357. The van der Waals surface area contributed by atoms with E-state index in [1.807, 2.05) is 18.2 Å². The van der Waals surface area contributed by atoms with Gasteiger partial charge in [-0.3, -0.25) is 0 Å². The lowest BCUT2D eigenvalue weighted by atomic mass is 9.86. The van der Waals surface area contributed by atoms with Crippen molar-refractivity contribution in [2.75, 3.05) is 5.73 Å². The van der Waals surface area contributed by atoms with Crippen molar-refractivity contribution < 1.29 is 4.79 Å². The zero-order valence-electron chi connectivity index (χ0n) is 10.0. The number of benzene rings is 1. The number of carbonyl (C=O) groups is 1. The Balaban J connectivity index is 3.10. The summed E-state index contributed by atoms with van der Waals surface area (Å²) in [6.45, 7) is 6.42. The number of hydrogen-bond acceptors (Lipinski definition) is 2. The van der Waals surface area contributed by atoms with Crippen LogP contribution >= 0.6 is 0 Å².